The monoisotopic (exact) mass is 317 g/mol. The molecule has 122 valence electrons. The molecule has 2 aromatic heterocycles. The Morgan fingerprint density at radius 3 is 3.04 bits per heavy atom. The lowest BCUT2D eigenvalue weighted by Gasteiger charge is -2.19. The molecule has 0 aromatic carbocycles. The van der Waals surface area contributed by atoms with Gasteiger partial charge in [0, 0.05) is 6.04 Å². The van der Waals surface area contributed by atoms with Crippen LogP contribution in [0.25, 0.3) is 0 Å². The quantitative estimate of drug-likeness (QED) is 0.894. The maximum atomic E-state index is 12.0. The Morgan fingerprint density at radius 1 is 1.43 bits per heavy atom. The van der Waals surface area contributed by atoms with Gasteiger partial charge in [-0.3, -0.25) is 9.69 Å². The fraction of sp³-hybridized carbons (Fsp3) is 0.600. The van der Waals surface area contributed by atoms with E-state index in [1.165, 1.54) is 0 Å². The number of hydrogen-bond acceptors (Lipinski definition) is 7. The normalized spacial score (nSPS) is 21.7. The summed E-state index contributed by atoms with van der Waals surface area (Å²) in [4.78, 5) is 22.7. The summed E-state index contributed by atoms with van der Waals surface area (Å²) in [7, 11) is 0. The molecule has 1 saturated heterocycles. The van der Waals surface area contributed by atoms with E-state index in [1.807, 2.05) is 6.92 Å². The predicted molar refractivity (Wildman–Crippen MR) is 78.4 cm³/mol. The first kappa shape index (κ1) is 14.4. The summed E-state index contributed by atoms with van der Waals surface area (Å²) >= 11 is 0. The first-order valence-electron chi connectivity index (χ1n) is 7.99. The van der Waals surface area contributed by atoms with E-state index in [-0.39, 0.29) is 23.8 Å². The van der Waals surface area contributed by atoms with Gasteiger partial charge in [-0.15, -0.1) is 0 Å². The van der Waals surface area contributed by atoms with Gasteiger partial charge in [-0.05, 0) is 39.2 Å². The van der Waals surface area contributed by atoms with Crippen LogP contribution in [-0.4, -0.2) is 38.5 Å². The van der Waals surface area contributed by atoms with Gasteiger partial charge in [0.2, 0.25) is 11.8 Å². The maximum absolute atomic E-state index is 12.0. The lowest BCUT2D eigenvalue weighted by Crippen LogP contribution is -2.27. The number of amides is 1. The number of hydrogen-bond donors (Lipinski definition) is 1. The van der Waals surface area contributed by atoms with Gasteiger partial charge in [0.05, 0.1) is 18.8 Å². The molecular weight excluding hydrogens is 298 g/mol. The third-order valence-corrected chi connectivity index (χ3v) is 4.21. The van der Waals surface area contributed by atoms with Crippen molar-refractivity contribution in [2.45, 2.75) is 51.2 Å². The van der Waals surface area contributed by atoms with E-state index in [0.717, 1.165) is 38.0 Å². The van der Waals surface area contributed by atoms with Gasteiger partial charge in [0.25, 0.3) is 11.7 Å². The minimum Gasteiger partial charge on any atom is -0.445 e. The van der Waals surface area contributed by atoms with Crippen LogP contribution in [0.1, 0.15) is 59.9 Å². The minimum atomic E-state index is -0.254. The van der Waals surface area contributed by atoms with Crippen molar-refractivity contribution in [2.75, 3.05) is 6.54 Å². The fourth-order valence-corrected chi connectivity index (χ4v) is 2.88. The van der Waals surface area contributed by atoms with Gasteiger partial charge in [0.15, 0.2) is 0 Å². The van der Waals surface area contributed by atoms with E-state index in [9.17, 15) is 4.79 Å². The zero-order chi connectivity index (χ0) is 15.8. The van der Waals surface area contributed by atoms with E-state index in [2.05, 4.69) is 25.3 Å². The predicted octanol–water partition coefficient (Wildman–Crippen LogP) is 1.60. The van der Waals surface area contributed by atoms with E-state index in [1.54, 1.807) is 6.20 Å². The standard InChI is InChI=1S/C15H19N5O3/c1-9-7-16-12(22-9)8-20-6-2-3-11(20)15-18-13(19-23-15)14(21)17-10-4-5-10/h7,10-11H,2-6,8H2,1H3,(H,17,21)/t11-/m1/s1. The van der Waals surface area contributed by atoms with Crippen molar-refractivity contribution in [3.8, 4) is 0 Å². The van der Waals surface area contributed by atoms with Crippen LogP contribution in [0.15, 0.2) is 15.1 Å². The molecule has 0 spiro atoms. The molecule has 23 heavy (non-hydrogen) atoms. The van der Waals surface area contributed by atoms with E-state index in [4.69, 9.17) is 8.94 Å². The highest BCUT2D eigenvalue weighted by Crippen LogP contribution is 2.32. The minimum absolute atomic E-state index is 0.0113. The molecule has 0 radical (unpaired) electrons. The average Bonchev–Trinajstić information content (AvgIpc) is 2.96. The summed E-state index contributed by atoms with van der Waals surface area (Å²) in [5.41, 5.74) is 0. The molecular formula is C15H19N5O3. The number of aromatic nitrogens is 3. The van der Waals surface area contributed by atoms with Crippen molar-refractivity contribution < 1.29 is 13.7 Å². The Hall–Kier alpha value is -2.22. The smallest absolute Gasteiger partial charge is 0.292 e. The van der Waals surface area contributed by atoms with Crippen LogP contribution in [0.5, 0.6) is 0 Å². The van der Waals surface area contributed by atoms with Gasteiger partial charge in [-0.1, -0.05) is 5.16 Å². The van der Waals surface area contributed by atoms with Crippen LogP contribution >= 0.6 is 0 Å². The van der Waals surface area contributed by atoms with E-state index < -0.39 is 0 Å². The van der Waals surface area contributed by atoms with Crippen LogP contribution < -0.4 is 5.32 Å². The molecule has 8 heteroatoms. The van der Waals surface area contributed by atoms with Crippen molar-refractivity contribution in [3.05, 3.63) is 29.6 Å². The molecule has 8 nitrogen and oxygen atoms in total. The summed E-state index contributed by atoms with van der Waals surface area (Å²) in [6, 6.07) is 0.290. The molecule has 1 N–H and O–H groups in total. The highest BCUT2D eigenvalue weighted by atomic mass is 16.5. The van der Waals surface area contributed by atoms with Crippen LogP contribution in [0, 0.1) is 6.92 Å². The molecule has 2 aromatic rings. The maximum Gasteiger partial charge on any atom is 0.292 e. The van der Waals surface area contributed by atoms with Gasteiger partial charge in [0.1, 0.15) is 5.76 Å². The van der Waals surface area contributed by atoms with Crippen molar-refractivity contribution >= 4 is 5.91 Å². The molecule has 3 heterocycles. The second-order valence-corrected chi connectivity index (χ2v) is 6.20. The van der Waals surface area contributed by atoms with Crippen molar-refractivity contribution in [1.29, 1.82) is 0 Å². The Morgan fingerprint density at radius 2 is 2.30 bits per heavy atom. The lowest BCUT2D eigenvalue weighted by molar-refractivity contribution is 0.0937. The van der Waals surface area contributed by atoms with Crippen molar-refractivity contribution in [1.82, 2.24) is 25.3 Å². The highest BCUT2D eigenvalue weighted by Gasteiger charge is 2.33. The second-order valence-electron chi connectivity index (χ2n) is 6.20. The van der Waals surface area contributed by atoms with E-state index >= 15 is 0 Å². The number of likely N-dealkylation sites (tertiary alicyclic amines) is 1. The largest absolute Gasteiger partial charge is 0.445 e. The number of oxazole rings is 1. The van der Waals surface area contributed by atoms with Crippen molar-refractivity contribution in [2.24, 2.45) is 0 Å². The van der Waals surface area contributed by atoms with Crippen LogP contribution in [0.2, 0.25) is 0 Å². The topological polar surface area (TPSA) is 97.3 Å². The van der Waals surface area contributed by atoms with Gasteiger partial charge < -0.3 is 14.3 Å². The summed E-state index contributed by atoms with van der Waals surface area (Å²) < 4.78 is 10.9. The van der Waals surface area contributed by atoms with Crippen LogP contribution in [0.4, 0.5) is 0 Å². The molecule has 2 fully saturated rings. The number of nitrogens with zero attached hydrogens (tertiary/aromatic N) is 4. The zero-order valence-corrected chi connectivity index (χ0v) is 13.0. The third kappa shape index (κ3) is 3.12. The van der Waals surface area contributed by atoms with Gasteiger partial charge in [-0.25, -0.2) is 4.98 Å². The zero-order valence-electron chi connectivity index (χ0n) is 13.0. The highest BCUT2D eigenvalue weighted by molar-refractivity contribution is 5.90. The molecule has 0 bridgehead atoms. The third-order valence-electron chi connectivity index (χ3n) is 4.21. The molecule has 1 saturated carbocycles. The molecule has 1 amide bonds. The number of nitrogens with one attached hydrogen (secondary N) is 1. The number of aryl methyl sites for hydroxylation is 1. The molecule has 1 aliphatic heterocycles. The first-order chi connectivity index (χ1) is 11.2. The summed E-state index contributed by atoms with van der Waals surface area (Å²) in [5, 5.41) is 6.69. The SMILES string of the molecule is Cc1cnc(CN2CCC[C@@H]2c2nc(C(=O)NC3CC3)no2)o1. The lowest BCUT2D eigenvalue weighted by atomic mass is 10.2. The van der Waals surface area contributed by atoms with Crippen molar-refractivity contribution in [3.63, 3.8) is 0 Å². The van der Waals surface area contributed by atoms with Gasteiger partial charge in [-0.2, -0.15) is 4.98 Å². The Labute approximate surface area is 133 Å². The molecule has 1 atom stereocenters. The Kier molecular flexibility index (Phi) is 3.60. The molecule has 4 rings (SSSR count). The van der Waals surface area contributed by atoms with E-state index in [0.29, 0.717) is 18.3 Å². The number of rotatable bonds is 5. The van der Waals surface area contributed by atoms with Crippen LogP contribution in [0.3, 0.4) is 0 Å². The number of carbonyl (C=O) groups excluding carboxylic acids is 1. The fourth-order valence-electron chi connectivity index (χ4n) is 2.88. The molecule has 1 aliphatic carbocycles. The summed E-state index contributed by atoms with van der Waals surface area (Å²) in [6.45, 7) is 3.39. The molecule has 2 aliphatic rings. The first-order valence-corrected chi connectivity index (χ1v) is 7.99. The Bertz CT molecular complexity index is 706. The molecule has 0 unspecified atom stereocenters. The van der Waals surface area contributed by atoms with Crippen LogP contribution in [-0.2, 0) is 6.54 Å². The average molecular weight is 317 g/mol. The summed E-state index contributed by atoms with van der Waals surface area (Å²) in [5.74, 6) is 1.83. The number of carbonyl (C=O) groups is 1. The second kappa shape index (κ2) is 5.77. The van der Waals surface area contributed by atoms with Gasteiger partial charge >= 0.3 is 0 Å². The summed E-state index contributed by atoms with van der Waals surface area (Å²) in [6.07, 6.45) is 5.74. The Balaban J connectivity index is 1.45.